The Hall–Kier alpha value is -3.01. The van der Waals surface area contributed by atoms with Crippen LogP contribution in [-0.2, 0) is 6.42 Å². The van der Waals surface area contributed by atoms with E-state index in [1.165, 1.54) is 0 Å². The highest BCUT2D eigenvalue weighted by atomic mass is 16.5. The molecular weight excluding hydrogens is 314 g/mol. The van der Waals surface area contributed by atoms with Crippen LogP contribution < -0.4 is 14.8 Å². The highest BCUT2D eigenvalue weighted by Crippen LogP contribution is 2.30. The van der Waals surface area contributed by atoms with Crippen LogP contribution in [0.15, 0.2) is 55.1 Å². The fourth-order valence-electron chi connectivity index (χ4n) is 2.50. The minimum atomic E-state index is -0.0641. The van der Waals surface area contributed by atoms with Crippen LogP contribution in [0.4, 0.5) is 5.69 Å². The summed E-state index contributed by atoms with van der Waals surface area (Å²) in [6.45, 7) is 3.77. The van der Waals surface area contributed by atoms with Gasteiger partial charge in [-0.05, 0) is 54.5 Å². The van der Waals surface area contributed by atoms with E-state index in [9.17, 15) is 4.79 Å². The van der Waals surface area contributed by atoms with Crippen molar-refractivity contribution in [1.82, 2.24) is 0 Å². The summed E-state index contributed by atoms with van der Waals surface area (Å²) in [5, 5.41) is 3.03. The van der Waals surface area contributed by atoms with Crippen molar-refractivity contribution in [3.8, 4) is 11.5 Å². The predicted octanol–water partition coefficient (Wildman–Crippen LogP) is 4.37. The van der Waals surface area contributed by atoms with E-state index in [-0.39, 0.29) is 5.78 Å². The summed E-state index contributed by atoms with van der Waals surface area (Å²) in [7, 11) is 5.06. The molecule has 4 nitrogen and oxygen atoms in total. The van der Waals surface area contributed by atoms with E-state index < -0.39 is 0 Å². The van der Waals surface area contributed by atoms with Crippen molar-refractivity contribution in [3.63, 3.8) is 0 Å². The molecule has 4 heteroatoms. The zero-order chi connectivity index (χ0) is 18.2. The Balaban J connectivity index is 2.30. The van der Waals surface area contributed by atoms with Crippen molar-refractivity contribution >= 4 is 17.5 Å². The van der Waals surface area contributed by atoms with Crippen LogP contribution >= 0.6 is 0 Å². The van der Waals surface area contributed by atoms with Crippen molar-refractivity contribution < 1.29 is 14.3 Å². The molecule has 0 fully saturated rings. The molecule has 0 radical (unpaired) electrons. The molecule has 0 aliphatic carbocycles. The Kier molecular flexibility index (Phi) is 6.40. The Bertz CT molecular complexity index is 776. The smallest absolute Gasteiger partial charge is 0.185 e. The van der Waals surface area contributed by atoms with Crippen LogP contribution in [0.2, 0.25) is 0 Å². The lowest BCUT2D eigenvalue weighted by molar-refractivity contribution is 0.104. The summed E-state index contributed by atoms with van der Waals surface area (Å²) in [6, 6.07) is 11.1. The van der Waals surface area contributed by atoms with E-state index in [0.717, 1.165) is 22.6 Å². The molecular formula is C21H23NO3. The number of carbonyl (C=O) groups excluding carboxylic acids is 1. The summed E-state index contributed by atoms with van der Waals surface area (Å²) in [6.07, 6.45) is 5.80. The van der Waals surface area contributed by atoms with Crippen LogP contribution in [0.3, 0.4) is 0 Å². The van der Waals surface area contributed by atoms with Crippen LogP contribution in [-0.4, -0.2) is 27.1 Å². The average Bonchev–Trinajstić information content (AvgIpc) is 2.66. The topological polar surface area (TPSA) is 47.6 Å². The molecule has 2 aromatic rings. The van der Waals surface area contributed by atoms with Crippen molar-refractivity contribution in [3.05, 3.63) is 71.8 Å². The number of ether oxygens (including phenoxy) is 2. The zero-order valence-corrected chi connectivity index (χ0v) is 14.8. The summed E-state index contributed by atoms with van der Waals surface area (Å²) >= 11 is 0. The zero-order valence-electron chi connectivity index (χ0n) is 14.8. The number of anilines is 1. The van der Waals surface area contributed by atoms with Gasteiger partial charge in [-0.1, -0.05) is 6.08 Å². The molecule has 0 aromatic heterocycles. The van der Waals surface area contributed by atoms with Gasteiger partial charge in [-0.3, -0.25) is 4.79 Å². The highest BCUT2D eigenvalue weighted by molar-refractivity contribution is 6.07. The first kappa shape index (κ1) is 18.3. The Labute approximate surface area is 148 Å². The Morgan fingerprint density at radius 2 is 1.80 bits per heavy atom. The fourth-order valence-corrected chi connectivity index (χ4v) is 2.50. The third-order valence-corrected chi connectivity index (χ3v) is 3.87. The maximum absolute atomic E-state index is 12.4. The van der Waals surface area contributed by atoms with Gasteiger partial charge in [-0.15, -0.1) is 6.58 Å². The molecule has 0 bridgehead atoms. The van der Waals surface area contributed by atoms with Crippen LogP contribution in [0.1, 0.15) is 21.5 Å². The van der Waals surface area contributed by atoms with Crippen LogP contribution in [0, 0.1) is 0 Å². The van der Waals surface area contributed by atoms with Crippen molar-refractivity contribution in [2.24, 2.45) is 0 Å². The van der Waals surface area contributed by atoms with Gasteiger partial charge in [0, 0.05) is 29.9 Å². The van der Waals surface area contributed by atoms with Gasteiger partial charge in [0.15, 0.2) is 5.78 Å². The number of carbonyl (C=O) groups is 1. The SMILES string of the molecule is C=CCc1cc(/C=C/C(=O)c2ccc(NC)cc2)c(OC)cc1OC. The lowest BCUT2D eigenvalue weighted by Gasteiger charge is -2.12. The van der Waals surface area contributed by atoms with Gasteiger partial charge in [0.1, 0.15) is 11.5 Å². The second-order valence-corrected chi connectivity index (χ2v) is 5.42. The fraction of sp³-hybridized carbons (Fsp3) is 0.190. The molecule has 1 N–H and O–H groups in total. The molecule has 0 saturated heterocycles. The van der Waals surface area contributed by atoms with E-state index in [4.69, 9.17) is 9.47 Å². The van der Waals surface area contributed by atoms with Crippen LogP contribution in [0.5, 0.6) is 11.5 Å². The van der Waals surface area contributed by atoms with Crippen LogP contribution in [0.25, 0.3) is 6.08 Å². The minimum absolute atomic E-state index is 0.0641. The molecule has 0 heterocycles. The third kappa shape index (κ3) is 4.51. The number of hydrogen-bond acceptors (Lipinski definition) is 4. The van der Waals surface area contributed by atoms with Gasteiger partial charge < -0.3 is 14.8 Å². The third-order valence-electron chi connectivity index (χ3n) is 3.87. The number of allylic oxidation sites excluding steroid dienone is 2. The summed E-state index contributed by atoms with van der Waals surface area (Å²) in [4.78, 5) is 12.4. The second-order valence-electron chi connectivity index (χ2n) is 5.42. The van der Waals surface area contributed by atoms with Gasteiger partial charge in [0.05, 0.1) is 14.2 Å². The molecule has 0 spiro atoms. The van der Waals surface area contributed by atoms with E-state index in [0.29, 0.717) is 17.7 Å². The molecule has 0 unspecified atom stereocenters. The van der Waals surface area contributed by atoms with E-state index in [1.54, 1.807) is 38.5 Å². The largest absolute Gasteiger partial charge is 0.496 e. The molecule has 0 aliphatic rings. The van der Waals surface area contributed by atoms with E-state index in [1.807, 2.05) is 37.4 Å². The lowest BCUT2D eigenvalue weighted by Crippen LogP contribution is -1.97. The van der Waals surface area contributed by atoms with Gasteiger partial charge in [-0.25, -0.2) is 0 Å². The molecule has 25 heavy (non-hydrogen) atoms. The first-order chi connectivity index (χ1) is 12.1. The van der Waals surface area contributed by atoms with Crippen molar-refractivity contribution in [1.29, 1.82) is 0 Å². The average molecular weight is 337 g/mol. The number of rotatable bonds is 8. The normalized spacial score (nSPS) is 10.5. The minimum Gasteiger partial charge on any atom is -0.496 e. The second kappa shape index (κ2) is 8.73. The molecule has 2 aromatic carbocycles. The Morgan fingerprint density at radius 1 is 1.12 bits per heavy atom. The molecule has 2 rings (SSSR count). The van der Waals surface area contributed by atoms with Crippen molar-refractivity contribution in [2.75, 3.05) is 26.6 Å². The summed E-state index contributed by atoms with van der Waals surface area (Å²) in [5.41, 5.74) is 3.41. The van der Waals surface area contributed by atoms with Gasteiger partial charge in [0.2, 0.25) is 0 Å². The number of nitrogens with one attached hydrogen (secondary N) is 1. The van der Waals surface area contributed by atoms with Crippen molar-refractivity contribution in [2.45, 2.75) is 6.42 Å². The molecule has 130 valence electrons. The first-order valence-corrected chi connectivity index (χ1v) is 7.99. The number of ketones is 1. The monoisotopic (exact) mass is 337 g/mol. The molecule has 0 amide bonds. The predicted molar refractivity (Wildman–Crippen MR) is 103 cm³/mol. The lowest BCUT2D eigenvalue weighted by atomic mass is 10.0. The molecule has 0 aliphatic heterocycles. The Morgan fingerprint density at radius 3 is 2.36 bits per heavy atom. The molecule has 0 saturated carbocycles. The highest BCUT2D eigenvalue weighted by Gasteiger charge is 2.09. The standard InChI is InChI=1S/C21H23NO3/c1-5-6-16-13-17(21(25-4)14-20(16)24-3)9-12-19(23)15-7-10-18(22-2)11-8-15/h5,7-14,22H,1,6H2,2-4H3/b12-9+. The van der Waals surface area contributed by atoms with Gasteiger partial charge in [0.25, 0.3) is 0 Å². The van der Waals surface area contributed by atoms with E-state index >= 15 is 0 Å². The first-order valence-electron chi connectivity index (χ1n) is 7.99. The number of benzene rings is 2. The maximum Gasteiger partial charge on any atom is 0.185 e. The summed E-state index contributed by atoms with van der Waals surface area (Å²) < 4.78 is 10.8. The van der Waals surface area contributed by atoms with E-state index in [2.05, 4.69) is 11.9 Å². The van der Waals surface area contributed by atoms with Gasteiger partial charge >= 0.3 is 0 Å². The van der Waals surface area contributed by atoms with Gasteiger partial charge in [-0.2, -0.15) is 0 Å². The number of methoxy groups -OCH3 is 2. The number of hydrogen-bond donors (Lipinski definition) is 1. The molecule has 0 atom stereocenters. The maximum atomic E-state index is 12.4. The quantitative estimate of drug-likeness (QED) is 0.441. The summed E-state index contributed by atoms with van der Waals surface area (Å²) in [5.74, 6) is 1.33.